The molecule has 0 atom stereocenters. The number of ether oxygens (including phenoxy) is 2. The van der Waals surface area contributed by atoms with Gasteiger partial charge in [0, 0.05) is 13.1 Å². The van der Waals surface area contributed by atoms with Crippen molar-refractivity contribution >= 4 is 29.9 Å². The Labute approximate surface area is 149 Å². The molecule has 1 aromatic rings. The second-order valence-electron chi connectivity index (χ2n) is 5.63. The van der Waals surface area contributed by atoms with Crippen LogP contribution in [0.15, 0.2) is 29.3 Å². The van der Waals surface area contributed by atoms with Crippen LogP contribution in [0.3, 0.4) is 0 Å². The zero-order valence-corrected chi connectivity index (χ0v) is 15.7. The SMILES string of the molecule is CC(C)COc1cccc(CN=C(N)N2CCOCC2)c1.I. The molecule has 0 saturated carbocycles. The third kappa shape index (κ3) is 6.39. The van der Waals surface area contributed by atoms with E-state index in [9.17, 15) is 0 Å². The van der Waals surface area contributed by atoms with Gasteiger partial charge in [0.05, 0.1) is 26.4 Å². The number of nitrogens with two attached hydrogens (primary N) is 1. The average molecular weight is 419 g/mol. The molecule has 0 aliphatic carbocycles. The van der Waals surface area contributed by atoms with E-state index in [-0.39, 0.29) is 24.0 Å². The summed E-state index contributed by atoms with van der Waals surface area (Å²) in [5, 5.41) is 0. The highest BCUT2D eigenvalue weighted by Crippen LogP contribution is 2.15. The van der Waals surface area contributed by atoms with Gasteiger partial charge >= 0.3 is 0 Å². The molecule has 1 heterocycles. The van der Waals surface area contributed by atoms with Gasteiger partial charge in [0.25, 0.3) is 0 Å². The number of hydrogen-bond acceptors (Lipinski definition) is 3. The van der Waals surface area contributed by atoms with Gasteiger partial charge < -0.3 is 20.1 Å². The topological polar surface area (TPSA) is 60.1 Å². The highest BCUT2D eigenvalue weighted by atomic mass is 127. The predicted octanol–water partition coefficient (Wildman–Crippen LogP) is 2.49. The van der Waals surface area contributed by atoms with Gasteiger partial charge in [-0.15, -0.1) is 24.0 Å². The quantitative estimate of drug-likeness (QED) is 0.453. The van der Waals surface area contributed by atoms with Gasteiger partial charge in [-0.05, 0) is 23.6 Å². The summed E-state index contributed by atoms with van der Waals surface area (Å²) in [4.78, 5) is 6.52. The fourth-order valence-electron chi connectivity index (χ4n) is 2.06. The first-order valence-electron chi connectivity index (χ1n) is 7.49. The van der Waals surface area contributed by atoms with E-state index < -0.39 is 0 Å². The predicted molar refractivity (Wildman–Crippen MR) is 99.9 cm³/mol. The van der Waals surface area contributed by atoms with Crippen molar-refractivity contribution in [3.05, 3.63) is 29.8 Å². The minimum Gasteiger partial charge on any atom is -0.493 e. The first kappa shape index (κ1) is 19.0. The van der Waals surface area contributed by atoms with Crippen molar-refractivity contribution in [1.29, 1.82) is 0 Å². The number of benzene rings is 1. The zero-order chi connectivity index (χ0) is 15.1. The first-order valence-corrected chi connectivity index (χ1v) is 7.49. The summed E-state index contributed by atoms with van der Waals surface area (Å²) in [6, 6.07) is 8.03. The number of hydrogen-bond donors (Lipinski definition) is 1. The number of guanidine groups is 1. The first-order chi connectivity index (χ1) is 10.1. The maximum absolute atomic E-state index is 6.02. The maximum Gasteiger partial charge on any atom is 0.191 e. The molecule has 1 aromatic carbocycles. The Morgan fingerprint density at radius 1 is 1.36 bits per heavy atom. The van der Waals surface area contributed by atoms with Crippen LogP contribution in [0.1, 0.15) is 19.4 Å². The van der Waals surface area contributed by atoms with Crippen molar-refractivity contribution in [2.75, 3.05) is 32.9 Å². The van der Waals surface area contributed by atoms with Crippen molar-refractivity contribution in [2.24, 2.45) is 16.6 Å². The second kappa shape index (κ2) is 9.89. The summed E-state index contributed by atoms with van der Waals surface area (Å²) >= 11 is 0. The van der Waals surface area contributed by atoms with Gasteiger partial charge in [-0.25, -0.2) is 4.99 Å². The number of morpholine rings is 1. The highest BCUT2D eigenvalue weighted by Gasteiger charge is 2.11. The van der Waals surface area contributed by atoms with Crippen LogP contribution in [0, 0.1) is 5.92 Å². The van der Waals surface area contributed by atoms with E-state index in [0.717, 1.165) is 44.2 Å². The molecule has 2 rings (SSSR count). The summed E-state index contributed by atoms with van der Waals surface area (Å²) in [5.74, 6) is 2.00. The number of halogens is 1. The Bertz CT molecular complexity index is 474. The summed E-state index contributed by atoms with van der Waals surface area (Å²) < 4.78 is 11.0. The molecule has 0 bridgehead atoms. The lowest BCUT2D eigenvalue weighted by Gasteiger charge is -2.27. The van der Waals surface area contributed by atoms with Gasteiger partial charge in [-0.3, -0.25) is 0 Å². The molecule has 0 aromatic heterocycles. The lowest BCUT2D eigenvalue weighted by Crippen LogP contribution is -2.44. The van der Waals surface area contributed by atoms with Crippen molar-refractivity contribution in [1.82, 2.24) is 4.90 Å². The van der Waals surface area contributed by atoms with Crippen LogP contribution in [-0.4, -0.2) is 43.8 Å². The van der Waals surface area contributed by atoms with Gasteiger partial charge in [0.1, 0.15) is 5.75 Å². The van der Waals surface area contributed by atoms with E-state index in [1.165, 1.54) is 0 Å². The third-order valence-corrected chi connectivity index (χ3v) is 3.24. The summed E-state index contributed by atoms with van der Waals surface area (Å²) in [6.45, 7) is 8.63. The molecule has 124 valence electrons. The van der Waals surface area contributed by atoms with Gasteiger partial charge in [-0.1, -0.05) is 26.0 Å². The van der Waals surface area contributed by atoms with E-state index in [0.29, 0.717) is 18.4 Å². The Hall–Kier alpha value is -1.02. The fraction of sp³-hybridized carbons (Fsp3) is 0.562. The van der Waals surface area contributed by atoms with Crippen LogP contribution in [0.25, 0.3) is 0 Å². The number of nitrogens with zero attached hydrogens (tertiary/aromatic N) is 2. The van der Waals surface area contributed by atoms with Crippen LogP contribution in [-0.2, 0) is 11.3 Å². The molecule has 0 spiro atoms. The van der Waals surface area contributed by atoms with Crippen molar-refractivity contribution in [3.8, 4) is 5.75 Å². The summed E-state index contributed by atoms with van der Waals surface area (Å²) in [5.41, 5.74) is 7.13. The molecule has 0 unspecified atom stereocenters. The molecular weight excluding hydrogens is 393 g/mol. The standard InChI is InChI=1S/C16H25N3O2.HI/c1-13(2)12-21-15-5-3-4-14(10-15)11-18-16(17)19-6-8-20-9-7-19;/h3-5,10,13H,6-9,11-12H2,1-2H3,(H2,17,18);1H. The molecule has 1 saturated heterocycles. The Kier molecular flexibility index (Phi) is 8.55. The monoisotopic (exact) mass is 419 g/mol. The molecule has 5 nitrogen and oxygen atoms in total. The van der Waals surface area contributed by atoms with Crippen molar-refractivity contribution < 1.29 is 9.47 Å². The molecule has 22 heavy (non-hydrogen) atoms. The normalized spacial score (nSPS) is 15.6. The lowest BCUT2D eigenvalue weighted by atomic mass is 10.2. The largest absolute Gasteiger partial charge is 0.493 e. The molecule has 1 aliphatic rings. The Balaban J connectivity index is 0.00000242. The summed E-state index contributed by atoms with van der Waals surface area (Å²) in [7, 11) is 0. The molecule has 0 radical (unpaired) electrons. The van der Waals surface area contributed by atoms with E-state index in [1.54, 1.807) is 0 Å². The van der Waals surface area contributed by atoms with Crippen LogP contribution in [0.5, 0.6) is 5.75 Å². The number of rotatable bonds is 5. The van der Waals surface area contributed by atoms with E-state index >= 15 is 0 Å². The lowest BCUT2D eigenvalue weighted by molar-refractivity contribution is 0.0674. The Morgan fingerprint density at radius 3 is 2.77 bits per heavy atom. The van der Waals surface area contributed by atoms with E-state index in [2.05, 4.69) is 23.7 Å². The number of aliphatic imine (C=N–C) groups is 1. The minimum atomic E-state index is 0. The fourth-order valence-corrected chi connectivity index (χ4v) is 2.06. The smallest absolute Gasteiger partial charge is 0.191 e. The van der Waals surface area contributed by atoms with Crippen LogP contribution >= 0.6 is 24.0 Å². The molecule has 2 N–H and O–H groups in total. The van der Waals surface area contributed by atoms with Crippen LogP contribution in [0.4, 0.5) is 0 Å². The molecule has 0 amide bonds. The minimum absolute atomic E-state index is 0. The second-order valence-corrected chi connectivity index (χ2v) is 5.63. The maximum atomic E-state index is 6.02. The van der Waals surface area contributed by atoms with E-state index in [1.807, 2.05) is 24.3 Å². The summed E-state index contributed by atoms with van der Waals surface area (Å²) in [6.07, 6.45) is 0. The highest BCUT2D eigenvalue weighted by molar-refractivity contribution is 14.0. The van der Waals surface area contributed by atoms with E-state index in [4.69, 9.17) is 15.2 Å². The zero-order valence-electron chi connectivity index (χ0n) is 13.3. The van der Waals surface area contributed by atoms with Crippen LogP contribution in [0.2, 0.25) is 0 Å². The Morgan fingerprint density at radius 2 is 2.09 bits per heavy atom. The van der Waals surface area contributed by atoms with Crippen molar-refractivity contribution in [2.45, 2.75) is 20.4 Å². The van der Waals surface area contributed by atoms with Gasteiger partial charge in [-0.2, -0.15) is 0 Å². The molecule has 1 fully saturated rings. The van der Waals surface area contributed by atoms with Crippen LogP contribution < -0.4 is 10.5 Å². The molecular formula is C16H26IN3O2. The van der Waals surface area contributed by atoms with Gasteiger partial charge in [0.15, 0.2) is 5.96 Å². The van der Waals surface area contributed by atoms with Crippen molar-refractivity contribution in [3.63, 3.8) is 0 Å². The molecule has 1 aliphatic heterocycles. The average Bonchev–Trinajstić information content (AvgIpc) is 2.52. The third-order valence-electron chi connectivity index (χ3n) is 3.24. The van der Waals surface area contributed by atoms with Gasteiger partial charge in [0.2, 0.25) is 0 Å². The molecule has 6 heteroatoms.